The standard InChI is InChI=1S/C22H18N2O4/c1-24(13-17-4-2-3-16-12-23-10-9-19(16)17)21(25)14-27-18-7-5-15-6-8-22(26)28-20(15)11-18/h2-12H,13-14H2,1H3. The lowest BCUT2D eigenvalue weighted by molar-refractivity contribution is -0.132. The Bertz CT molecular complexity index is 1210. The average Bonchev–Trinajstić information content (AvgIpc) is 2.72. The van der Waals surface area contributed by atoms with Crippen LogP contribution >= 0.6 is 0 Å². The summed E-state index contributed by atoms with van der Waals surface area (Å²) in [7, 11) is 1.74. The van der Waals surface area contributed by atoms with Crippen molar-refractivity contribution in [3.63, 3.8) is 0 Å². The van der Waals surface area contributed by atoms with E-state index in [1.807, 2.05) is 30.5 Å². The molecule has 0 spiro atoms. The molecule has 0 aliphatic carbocycles. The molecular formula is C22H18N2O4. The van der Waals surface area contributed by atoms with Crippen LogP contribution in [0.1, 0.15) is 5.56 Å². The Balaban J connectivity index is 1.44. The molecule has 6 nitrogen and oxygen atoms in total. The van der Waals surface area contributed by atoms with E-state index >= 15 is 0 Å². The van der Waals surface area contributed by atoms with Crippen LogP contribution in [0.15, 0.2) is 76.2 Å². The zero-order valence-corrected chi connectivity index (χ0v) is 15.3. The summed E-state index contributed by atoms with van der Waals surface area (Å²) in [5, 5.41) is 2.90. The van der Waals surface area contributed by atoms with Gasteiger partial charge in [-0.25, -0.2) is 4.79 Å². The number of hydrogen-bond acceptors (Lipinski definition) is 5. The van der Waals surface area contributed by atoms with E-state index in [9.17, 15) is 9.59 Å². The molecule has 4 aromatic rings. The SMILES string of the molecule is CN(Cc1cccc2cnccc12)C(=O)COc1ccc2ccc(=O)oc2c1. The molecule has 0 saturated carbocycles. The molecule has 0 aliphatic rings. The molecule has 2 aromatic carbocycles. The fourth-order valence-electron chi connectivity index (χ4n) is 3.06. The maximum Gasteiger partial charge on any atom is 0.336 e. The normalized spacial score (nSPS) is 10.9. The number of carbonyl (C=O) groups excluding carboxylic acids is 1. The first-order valence-corrected chi connectivity index (χ1v) is 8.82. The first-order valence-electron chi connectivity index (χ1n) is 8.82. The molecule has 1 amide bonds. The third-order valence-corrected chi connectivity index (χ3v) is 4.56. The first-order chi connectivity index (χ1) is 13.6. The number of fused-ring (bicyclic) bond motifs is 2. The van der Waals surface area contributed by atoms with Crippen molar-refractivity contribution in [1.82, 2.24) is 9.88 Å². The third kappa shape index (κ3) is 3.71. The van der Waals surface area contributed by atoms with Crippen LogP contribution in [0, 0.1) is 0 Å². The maximum absolute atomic E-state index is 12.5. The highest BCUT2D eigenvalue weighted by molar-refractivity contribution is 5.85. The summed E-state index contributed by atoms with van der Waals surface area (Å²) in [4.78, 5) is 29.6. The largest absolute Gasteiger partial charge is 0.484 e. The van der Waals surface area contributed by atoms with E-state index in [2.05, 4.69) is 4.98 Å². The summed E-state index contributed by atoms with van der Waals surface area (Å²) in [6.45, 7) is 0.363. The van der Waals surface area contributed by atoms with Gasteiger partial charge in [0.05, 0.1) is 0 Å². The summed E-state index contributed by atoms with van der Waals surface area (Å²) >= 11 is 0. The quantitative estimate of drug-likeness (QED) is 0.501. The lowest BCUT2D eigenvalue weighted by atomic mass is 10.1. The van der Waals surface area contributed by atoms with Crippen molar-refractivity contribution in [2.24, 2.45) is 0 Å². The molecule has 2 aromatic heterocycles. The van der Waals surface area contributed by atoms with Gasteiger partial charge in [0.2, 0.25) is 0 Å². The minimum atomic E-state index is -0.425. The smallest absolute Gasteiger partial charge is 0.336 e. The number of pyridine rings is 1. The number of ether oxygens (including phenoxy) is 1. The molecule has 28 heavy (non-hydrogen) atoms. The van der Waals surface area contributed by atoms with Gasteiger partial charge in [0.25, 0.3) is 5.91 Å². The summed E-state index contributed by atoms with van der Waals surface area (Å²) in [6, 6.07) is 16.1. The molecule has 0 fully saturated rings. The van der Waals surface area contributed by atoms with Crippen LogP contribution in [0.5, 0.6) is 5.75 Å². The molecule has 2 heterocycles. The van der Waals surface area contributed by atoms with Crippen LogP contribution in [-0.2, 0) is 11.3 Å². The Labute approximate surface area is 161 Å². The van der Waals surface area contributed by atoms with Crippen molar-refractivity contribution in [2.45, 2.75) is 6.54 Å². The minimum Gasteiger partial charge on any atom is -0.484 e. The Morgan fingerprint density at radius 2 is 1.96 bits per heavy atom. The first kappa shape index (κ1) is 17.7. The van der Waals surface area contributed by atoms with Crippen LogP contribution in [0.2, 0.25) is 0 Å². The molecule has 0 N–H and O–H groups in total. The van der Waals surface area contributed by atoms with E-state index < -0.39 is 5.63 Å². The predicted octanol–water partition coefficient (Wildman–Crippen LogP) is 3.38. The van der Waals surface area contributed by atoms with Crippen molar-refractivity contribution in [2.75, 3.05) is 13.7 Å². The molecule has 0 unspecified atom stereocenters. The Kier molecular flexibility index (Phi) is 4.76. The van der Waals surface area contributed by atoms with Crippen LogP contribution in [-0.4, -0.2) is 29.4 Å². The van der Waals surface area contributed by atoms with E-state index in [-0.39, 0.29) is 12.5 Å². The predicted molar refractivity (Wildman–Crippen MR) is 106 cm³/mol. The molecule has 0 atom stereocenters. The fourth-order valence-corrected chi connectivity index (χ4v) is 3.06. The van der Waals surface area contributed by atoms with Crippen molar-refractivity contribution < 1.29 is 13.9 Å². The number of hydrogen-bond donors (Lipinski definition) is 0. The van der Waals surface area contributed by atoms with Crippen molar-refractivity contribution in [3.8, 4) is 5.75 Å². The van der Waals surface area contributed by atoms with Crippen LogP contribution in [0.25, 0.3) is 21.7 Å². The number of aromatic nitrogens is 1. The molecule has 0 bridgehead atoms. The topological polar surface area (TPSA) is 72.6 Å². The van der Waals surface area contributed by atoms with Gasteiger partial charge in [-0.3, -0.25) is 9.78 Å². The Morgan fingerprint density at radius 3 is 2.86 bits per heavy atom. The lowest BCUT2D eigenvalue weighted by Crippen LogP contribution is -2.31. The highest BCUT2D eigenvalue weighted by Gasteiger charge is 2.12. The monoisotopic (exact) mass is 374 g/mol. The van der Waals surface area contributed by atoms with E-state index in [0.717, 1.165) is 21.7 Å². The highest BCUT2D eigenvalue weighted by Crippen LogP contribution is 2.20. The van der Waals surface area contributed by atoms with Gasteiger partial charge in [-0.1, -0.05) is 18.2 Å². The molecule has 4 rings (SSSR count). The van der Waals surface area contributed by atoms with Gasteiger partial charge < -0.3 is 14.1 Å². The van der Waals surface area contributed by atoms with Crippen molar-refractivity contribution in [1.29, 1.82) is 0 Å². The number of benzene rings is 2. The number of nitrogens with zero attached hydrogens (tertiary/aromatic N) is 2. The van der Waals surface area contributed by atoms with Crippen molar-refractivity contribution >= 4 is 27.6 Å². The second kappa shape index (κ2) is 7.52. The van der Waals surface area contributed by atoms with Crippen LogP contribution < -0.4 is 10.4 Å². The third-order valence-electron chi connectivity index (χ3n) is 4.56. The van der Waals surface area contributed by atoms with E-state index in [4.69, 9.17) is 9.15 Å². The van der Waals surface area contributed by atoms with Gasteiger partial charge >= 0.3 is 5.63 Å². The van der Waals surface area contributed by atoms with Gasteiger partial charge in [0.15, 0.2) is 6.61 Å². The van der Waals surface area contributed by atoms with E-state index in [0.29, 0.717) is 17.9 Å². The zero-order chi connectivity index (χ0) is 19.5. The minimum absolute atomic E-state index is 0.106. The molecule has 0 aliphatic heterocycles. The van der Waals surface area contributed by atoms with Crippen LogP contribution in [0.3, 0.4) is 0 Å². The van der Waals surface area contributed by atoms with E-state index in [1.165, 1.54) is 6.07 Å². The number of amides is 1. The second-order valence-electron chi connectivity index (χ2n) is 6.51. The zero-order valence-electron chi connectivity index (χ0n) is 15.3. The average molecular weight is 374 g/mol. The van der Waals surface area contributed by atoms with Gasteiger partial charge in [0.1, 0.15) is 11.3 Å². The molecule has 0 saturated heterocycles. The van der Waals surface area contributed by atoms with Gasteiger partial charge in [0, 0.05) is 48.9 Å². The maximum atomic E-state index is 12.5. The number of carbonyl (C=O) groups is 1. The summed E-state index contributed by atoms with van der Waals surface area (Å²) in [5.41, 5.74) is 1.05. The van der Waals surface area contributed by atoms with E-state index in [1.54, 1.807) is 42.4 Å². The second-order valence-corrected chi connectivity index (χ2v) is 6.51. The summed E-state index contributed by atoms with van der Waals surface area (Å²) < 4.78 is 10.7. The van der Waals surface area contributed by atoms with Crippen molar-refractivity contribution in [3.05, 3.63) is 83.0 Å². The molecule has 140 valence electrons. The lowest BCUT2D eigenvalue weighted by Gasteiger charge is -2.18. The fraction of sp³-hybridized carbons (Fsp3) is 0.136. The summed E-state index contributed by atoms with van der Waals surface area (Å²) in [5.74, 6) is 0.320. The van der Waals surface area contributed by atoms with Gasteiger partial charge in [-0.05, 0) is 35.2 Å². The van der Waals surface area contributed by atoms with Gasteiger partial charge in [-0.15, -0.1) is 0 Å². The highest BCUT2D eigenvalue weighted by atomic mass is 16.5. The number of rotatable bonds is 5. The summed E-state index contributed by atoms with van der Waals surface area (Å²) in [6.07, 6.45) is 3.55. The Hall–Kier alpha value is -3.67. The van der Waals surface area contributed by atoms with Crippen LogP contribution in [0.4, 0.5) is 0 Å². The van der Waals surface area contributed by atoms with Gasteiger partial charge in [-0.2, -0.15) is 0 Å². The number of likely N-dealkylation sites (N-methyl/N-ethyl adjacent to an activating group) is 1. The molecule has 0 radical (unpaired) electrons. The molecular weight excluding hydrogens is 356 g/mol. The molecule has 6 heteroatoms. The Morgan fingerprint density at radius 1 is 1.11 bits per heavy atom.